The molecule has 1 unspecified atom stereocenters. The second-order valence-electron chi connectivity index (χ2n) is 3.55. The van der Waals surface area contributed by atoms with Gasteiger partial charge in [0.1, 0.15) is 5.82 Å². The van der Waals surface area contributed by atoms with E-state index >= 15 is 0 Å². The molecule has 1 rings (SSSR count). The van der Waals surface area contributed by atoms with Crippen LogP contribution in [-0.4, -0.2) is 29.2 Å². The fraction of sp³-hybridized carbons (Fsp3) is 0.545. The number of hydrogen-bond donors (Lipinski definition) is 0. The van der Waals surface area contributed by atoms with Gasteiger partial charge < -0.3 is 9.47 Å². The summed E-state index contributed by atoms with van der Waals surface area (Å²) in [4.78, 5) is 27.7. The monoisotopic (exact) mass is 318 g/mol. The lowest BCUT2D eigenvalue weighted by Gasteiger charge is -2.13. The van der Waals surface area contributed by atoms with Gasteiger partial charge in [0, 0.05) is 7.05 Å². The molecule has 1 aromatic rings. The Balaban J connectivity index is 3.49. The van der Waals surface area contributed by atoms with Gasteiger partial charge in [-0.05, 0) is 13.8 Å². The van der Waals surface area contributed by atoms with Crippen LogP contribution in [-0.2, 0) is 11.8 Å². The number of ether oxygens (including phenoxy) is 2. The molecule has 6 nitrogen and oxygen atoms in total. The Labute approximate surface area is 113 Å². The number of rotatable bonds is 4. The van der Waals surface area contributed by atoms with Gasteiger partial charge in [-0.15, -0.1) is 0 Å². The lowest BCUT2D eigenvalue weighted by molar-refractivity contribution is 0.0514. The average molecular weight is 319 g/mol. The van der Waals surface area contributed by atoms with Gasteiger partial charge in [-0.25, -0.2) is 9.78 Å². The summed E-state index contributed by atoms with van der Waals surface area (Å²) in [6.07, 6.45) is 0. The van der Waals surface area contributed by atoms with Crippen molar-refractivity contribution in [3.05, 3.63) is 21.9 Å². The Kier molecular flexibility index (Phi) is 4.89. The van der Waals surface area contributed by atoms with Crippen LogP contribution < -0.4 is 10.3 Å². The molecule has 0 amide bonds. The predicted molar refractivity (Wildman–Crippen MR) is 69.3 cm³/mol. The highest BCUT2D eigenvalue weighted by molar-refractivity contribution is 9.09. The third kappa shape index (κ3) is 2.72. The van der Waals surface area contributed by atoms with Crippen molar-refractivity contribution in [3.8, 4) is 5.75 Å². The summed E-state index contributed by atoms with van der Waals surface area (Å²) in [6, 6.07) is 0. The van der Waals surface area contributed by atoms with Gasteiger partial charge in [0.25, 0.3) is 5.56 Å². The summed E-state index contributed by atoms with van der Waals surface area (Å²) < 4.78 is 11.1. The molecule has 0 aliphatic heterocycles. The van der Waals surface area contributed by atoms with Gasteiger partial charge in [0.15, 0.2) is 5.69 Å². The van der Waals surface area contributed by atoms with Crippen molar-refractivity contribution in [1.82, 2.24) is 9.55 Å². The Morgan fingerprint density at radius 1 is 1.56 bits per heavy atom. The van der Waals surface area contributed by atoms with E-state index in [-0.39, 0.29) is 22.9 Å². The van der Waals surface area contributed by atoms with Crippen molar-refractivity contribution in [2.24, 2.45) is 7.05 Å². The molecule has 0 saturated carbocycles. The Morgan fingerprint density at radius 2 is 2.17 bits per heavy atom. The van der Waals surface area contributed by atoms with Crippen LogP contribution in [0.5, 0.6) is 5.75 Å². The lowest BCUT2D eigenvalue weighted by Crippen LogP contribution is -2.27. The molecule has 0 aliphatic rings. The maximum atomic E-state index is 12.0. The first-order valence-corrected chi connectivity index (χ1v) is 6.31. The zero-order chi connectivity index (χ0) is 13.9. The van der Waals surface area contributed by atoms with Crippen LogP contribution in [0.4, 0.5) is 0 Å². The Morgan fingerprint density at radius 3 is 2.61 bits per heavy atom. The van der Waals surface area contributed by atoms with Crippen molar-refractivity contribution in [1.29, 1.82) is 0 Å². The fourth-order valence-corrected chi connectivity index (χ4v) is 1.89. The van der Waals surface area contributed by atoms with E-state index in [4.69, 9.17) is 9.47 Å². The molecular weight excluding hydrogens is 304 g/mol. The average Bonchev–Trinajstić information content (AvgIpc) is 2.32. The smallest absolute Gasteiger partial charge is 0.361 e. The molecule has 0 radical (unpaired) electrons. The number of aromatic nitrogens is 2. The van der Waals surface area contributed by atoms with E-state index in [1.165, 1.54) is 11.7 Å². The van der Waals surface area contributed by atoms with Crippen molar-refractivity contribution in [2.75, 3.05) is 13.7 Å². The van der Waals surface area contributed by atoms with E-state index in [0.717, 1.165) is 0 Å². The Bertz CT molecular complexity index is 511. The minimum atomic E-state index is -0.665. The zero-order valence-corrected chi connectivity index (χ0v) is 12.3. The molecule has 0 spiro atoms. The summed E-state index contributed by atoms with van der Waals surface area (Å²) in [5.74, 6) is -0.335. The van der Waals surface area contributed by atoms with Gasteiger partial charge in [-0.1, -0.05) is 15.9 Å². The first-order chi connectivity index (χ1) is 8.43. The van der Waals surface area contributed by atoms with Crippen LogP contribution in [0.3, 0.4) is 0 Å². The predicted octanol–water partition coefficient (Wildman–Crippen LogP) is 1.42. The van der Waals surface area contributed by atoms with Gasteiger partial charge in [-0.3, -0.25) is 9.36 Å². The van der Waals surface area contributed by atoms with E-state index in [2.05, 4.69) is 20.9 Å². The number of carbonyl (C=O) groups is 1. The molecule has 7 heteroatoms. The summed E-state index contributed by atoms with van der Waals surface area (Å²) in [5, 5.41) is 0. The van der Waals surface area contributed by atoms with E-state index in [1.54, 1.807) is 14.0 Å². The second kappa shape index (κ2) is 5.99. The first kappa shape index (κ1) is 14.7. The molecule has 100 valence electrons. The number of alkyl halides is 1. The minimum absolute atomic E-state index is 0.0937. The van der Waals surface area contributed by atoms with Crippen LogP contribution in [0.1, 0.15) is 35.0 Å². The summed E-state index contributed by atoms with van der Waals surface area (Å²) in [5.41, 5.74) is -0.513. The second-order valence-corrected chi connectivity index (χ2v) is 4.93. The zero-order valence-electron chi connectivity index (χ0n) is 10.7. The largest absolute Gasteiger partial charge is 0.489 e. The molecule has 0 aromatic carbocycles. The van der Waals surface area contributed by atoms with Crippen molar-refractivity contribution >= 4 is 21.9 Å². The SMILES string of the molecule is CCOC(=O)c1nc(C(C)Br)n(C)c(=O)c1OC. The molecule has 0 aliphatic carbocycles. The quantitative estimate of drug-likeness (QED) is 0.620. The standard InChI is InChI=1S/C11H15BrN2O4/c1-5-18-11(16)7-8(17-4)10(15)14(3)9(13-7)6(2)12/h6H,5H2,1-4H3. The van der Waals surface area contributed by atoms with Crippen LogP contribution in [0.25, 0.3) is 0 Å². The third-order valence-electron chi connectivity index (χ3n) is 2.31. The van der Waals surface area contributed by atoms with Crippen LogP contribution in [0.15, 0.2) is 4.79 Å². The summed E-state index contributed by atoms with van der Waals surface area (Å²) >= 11 is 3.32. The van der Waals surface area contributed by atoms with Crippen LogP contribution in [0, 0.1) is 0 Å². The molecule has 18 heavy (non-hydrogen) atoms. The molecule has 0 bridgehead atoms. The normalized spacial score (nSPS) is 12.1. The summed E-state index contributed by atoms with van der Waals surface area (Å²) in [7, 11) is 2.89. The maximum absolute atomic E-state index is 12.0. The number of nitrogens with zero attached hydrogens (tertiary/aromatic N) is 2. The minimum Gasteiger partial charge on any atom is -0.489 e. The number of carbonyl (C=O) groups excluding carboxylic acids is 1. The third-order valence-corrected chi connectivity index (χ3v) is 2.72. The fourth-order valence-electron chi connectivity index (χ4n) is 1.48. The van der Waals surface area contributed by atoms with E-state index in [0.29, 0.717) is 5.82 Å². The van der Waals surface area contributed by atoms with Crippen LogP contribution >= 0.6 is 15.9 Å². The summed E-state index contributed by atoms with van der Waals surface area (Å²) in [6.45, 7) is 3.70. The van der Waals surface area contributed by atoms with Crippen LogP contribution in [0.2, 0.25) is 0 Å². The topological polar surface area (TPSA) is 70.4 Å². The van der Waals surface area contributed by atoms with E-state index in [1.807, 2.05) is 6.92 Å². The number of methoxy groups -OCH3 is 1. The number of halogens is 1. The van der Waals surface area contributed by atoms with Gasteiger partial charge in [0.05, 0.1) is 18.5 Å². The van der Waals surface area contributed by atoms with Crippen molar-refractivity contribution in [2.45, 2.75) is 18.7 Å². The van der Waals surface area contributed by atoms with E-state index < -0.39 is 11.5 Å². The Hall–Kier alpha value is -1.37. The highest BCUT2D eigenvalue weighted by atomic mass is 79.9. The maximum Gasteiger partial charge on any atom is 0.361 e. The van der Waals surface area contributed by atoms with Gasteiger partial charge in [-0.2, -0.15) is 0 Å². The highest BCUT2D eigenvalue weighted by Crippen LogP contribution is 2.21. The van der Waals surface area contributed by atoms with Crippen molar-refractivity contribution in [3.63, 3.8) is 0 Å². The molecule has 0 saturated heterocycles. The molecular formula is C11H15BrN2O4. The first-order valence-electron chi connectivity index (χ1n) is 5.40. The van der Waals surface area contributed by atoms with E-state index in [9.17, 15) is 9.59 Å². The van der Waals surface area contributed by atoms with Crippen molar-refractivity contribution < 1.29 is 14.3 Å². The number of esters is 1. The molecule has 1 atom stereocenters. The van der Waals surface area contributed by atoms with Gasteiger partial charge >= 0.3 is 5.97 Å². The molecule has 0 N–H and O–H groups in total. The molecule has 1 aromatic heterocycles. The molecule has 1 heterocycles. The number of hydrogen-bond acceptors (Lipinski definition) is 5. The lowest BCUT2D eigenvalue weighted by atomic mass is 10.3. The van der Waals surface area contributed by atoms with Gasteiger partial charge in [0.2, 0.25) is 5.75 Å². The molecule has 0 fully saturated rings. The highest BCUT2D eigenvalue weighted by Gasteiger charge is 2.23.